The largest absolute Gasteiger partial charge is 0.342 e. The smallest absolute Gasteiger partial charge is 0.0495 e. The highest BCUT2D eigenvalue weighted by Gasteiger charge is 2.09. The molecule has 0 N–H and O–H groups in total. The number of hydrogen-bond acceptors (Lipinski definition) is 1. The van der Waals surface area contributed by atoms with E-state index in [4.69, 9.17) is 0 Å². The molecule has 0 aliphatic carbocycles. The van der Waals surface area contributed by atoms with Crippen LogP contribution < -0.4 is 0 Å². The lowest BCUT2D eigenvalue weighted by Gasteiger charge is -2.06. The molecule has 0 saturated carbocycles. The van der Waals surface area contributed by atoms with Gasteiger partial charge in [-0.25, -0.2) is 0 Å². The summed E-state index contributed by atoms with van der Waals surface area (Å²) in [5.74, 6) is 0.999. The Morgan fingerprint density at radius 2 is 1.35 bits per heavy atom. The van der Waals surface area contributed by atoms with Crippen molar-refractivity contribution in [1.29, 1.82) is 0 Å². The highest BCUT2D eigenvalue weighted by Crippen LogP contribution is 2.32. The summed E-state index contributed by atoms with van der Waals surface area (Å²) in [7, 11) is 0. The topological polar surface area (TPSA) is 4.93 Å². The zero-order valence-corrected chi connectivity index (χ0v) is 16.1. The van der Waals surface area contributed by atoms with Gasteiger partial charge in [0.1, 0.15) is 0 Å². The Labute approximate surface area is 159 Å². The van der Waals surface area contributed by atoms with Crippen LogP contribution in [-0.4, -0.2) is 4.57 Å². The molecule has 4 rings (SSSR count). The Kier molecular flexibility index (Phi) is 4.85. The first kappa shape index (κ1) is 17.0. The summed E-state index contributed by atoms with van der Waals surface area (Å²) in [5.41, 5.74) is 6.63. The van der Waals surface area contributed by atoms with Gasteiger partial charge in [-0.3, -0.25) is 0 Å². The molecule has 1 nitrogen and oxygen atoms in total. The van der Waals surface area contributed by atoms with Crippen molar-refractivity contribution in [3.8, 4) is 0 Å². The van der Waals surface area contributed by atoms with E-state index in [-0.39, 0.29) is 0 Å². The van der Waals surface area contributed by atoms with Crippen molar-refractivity contribution in [2.45, 2.75) is 31.0 Å². The van der Waals surface area contributed by atoms with Crippen LogP contribution in [0, 0.1) is 13.8 Å². The van der Waals surface area contributed by atoms with E-state index >= 15 is 0 Å². The van der Waals surface area contributed by atoms with Crippen molar-refractivity contribution in [3.05, 3.63) is 101 Å². The minimum Gasteiger partial charge on any atom is -0.342 e. The Morgan fingerprint density at radius 1 is 0.731 bits per heavy atom. The molecule has 0 aliphatic heterocycles. The number of fused-ring (bicyclic) bond motifs is 1. The fourth-order valence-corrected chi connectivity index (χ4v) is 4.24. The molecule has 4 aromatic rings. The second-order valence-electron chi connectivity index (χ2n) is 6.90. The molecule has 2 heteroatoms. The lowest BCUT2D eigenvalue weighted by molar-refractivity contribution is 0.829. The normalized spacial score (nSPS) is 11.2. The molecule has 1 aromatic heterocycles. The summed E-state index contributed by atoms with van der Waals surface area (Å²) >= 11 is 1.92. The number of aryl methyl sites for hydroxylation is 2. The highest BCUT2D eigenvalue weighted by molar-refractivity contribution is 7.98. The molecule has 0 unspecified atom stereocenters. The van der Waals surface area contributed by atoms with Gasteiger partial charge in [0.25, 0.3) is 0 Å². The van der Waals surface area contributed by atoms with E-state index in [0.717, 1.165) is 12.3 Å². The quantitative estimate of drug-likeness (QED) is 0.364. The number of benzene rings is 3. The van der Waals surface area contributed by atoms with Crippen molar-refractivity contribution in [3.63, 3.8) is 0 Å². The molecule has 0 radical (unpaired) electrons. The van der Waals surface area contributed by atoms with Gasteiger partial charge in [0.05, 0.1) is 0 Å². The zero-order chi connectivity index (χ0) is 17.9. The molecule has 0 bridgehead atoms. The predicted octanol–water partition coefficient (Wildman–Crippen LogP) is 6.60. The van der Waals surface area contributed by atoms with Crippen molar-refractivity contribution in [2.75, 3.05) is 0 Å². The first-order valence-corrected chi connectivity index (χ1v) is 9.99. The molecular formula is C24H23NS. The molecule has 130 valence electrons. The van der Waals surface area contributed by atoms with Crippen molar-refractivity contribution < 1.29 is 0 Å². The fourth-order valence-electron chi connectivity index (χ4n) is 3.19. The number of thioether (sulfide) groups is 1. The molecule has 26 heavy (non-hydrogen) atoms. The average Bonchev–Trinajstić information content (AvgIpc) is 3.01. The van der Waals surface area contributed by atoms with E-state index in [9.17, 15) is 0 Å². The van der Waals surface area contributed by atoms with E-state index in [0.29, 0.717) is 0 Å². The van der Waals surface area contributed by atoms with Crippen LogP contribution in [0.2, 0.25) is 0 Å². The molecule has 0 aliphatic rings. The Hall–Kier alpha value is -2.45. The van der Waals surface area contributed by atoms with Crippen LogP contribution in [0.3, 0.4) is 0 Å². The van der Waals surface area contributed by atoms with Gasteiger partial charge in [-0.2, -0.15) is 0 Å². The average molecular weight is 358 g/mol. The second-order valence-corrected chi connectivity index (χ2v) is 7.92. The molecule has 0 spiro atoms. The van der Waals surface area contributed by atoms with Gasteiger partial charge in [0.2, 0.25) is 0 Å². The fraction of sp³-hybridized carbons (Fsp3) is 0.167. The van der Waals surface area contributed by atoms with Gasteiger partial charge < -0.3 is 4.57 Å². The van der Waals surface area contributed by atoms with Gasteiger partial charge >= 0.3 is 0 Å². The SMILES string of the molecule is Cc1ccc(CSc2cn(Cc3ccc(C)cc3)c3ccccc23)cc1. The van der Waals surface area contributed by atoms with E-state index in [2.05, 4.69) is 97.4 Å². The zero-order valence-electron chi connectivity index (χ0n) is 15.3. The third-order valence-electron chi connectivity index (χ3n) is 4.74. The molecule has 3 aromatic carbocycles. The number of para-hydroxylation sites is 1. The number of hydrogen-bond donors (Lipinski definition) is 0. The van der Waals surface area contributed by atoms with Gasteiger partial charge in [-0.1, -0.05) is 77.9 Å². The van der Waals surface area contributed by atoms with E-state index in [1.165, 1.54) is 38.1 Å². The molecular weight excluding hydrogens is 334 g/mol. The van der Waals surface area contributed by atoms with Gasteiger partial charge in [0, 0.05) is 34.3 Å². The molecule has 0 atom stereocenters. The summed E-state index contributed by atoms with van der Waals surface area (Å²) in [6, 6.07) is 26.4. The van der Waals surface area contributed by atoms with Crippen molar-refractivity contribution in [2.24, 2.45) is 0 Å². The lowest BCUT2D eigenvalue weighted by atomic mass is 10.1. The lowest BCUT2D eigenvalue weighted by Crippen LogP contribution is -1.97. The third kappa shape index (κ3) is 3.71. The molecule has 0 fully saturated rings. The molecule has 1 heterocycles. The second kappa shape index (κ2) is 7.43. The summed E-state index contributed by atoms with van der Waals surface area (Å²) in [6.07, 6.45) is 2.31. The van der Waals surface area contributed by atoms with E-state index < -0.39 is 0 Å². The van der Waals surface area contributed by atoms with Crippen LogP contribution in [0.1, 0.15) is 22.3 Å². The van der Waals surface area contributed by atoms with Crippen molar-refractivity contribution in [1.82, 2.24) is 4.57 Å². The first-order valence-electron chi connectivity index (χ1n) is 9.01. The summed E-state index contributed by atoms with van der Waals surface area (Å²) in [4.78, 5) is 1.35. The minimum absolute atomic E-state index is 0.909. The van der Waals surface area contributed by atoms with Crippen LogP contribution in [0.25, 0.3) is 10.9 Å². The molecule has 0 saturated heterocycles. The number of rotatable bonds is 5. The van der Waals surface area contributed by atoms with Crippen molar-refractivity contribution >= 4 is 22.7 Å². The summed E-state index contributed by atoms with van der Waals surface area (Å²) < 4.78 is 2.37. The highest BCUT2D eigenvalue weighted by atomic mass is 32.2. The maximum Gasteiger partial charge on any atom is 0.0495 e. The summed E-state index contributed by atoms with van der Waals surface area (Å²) in [6.45, 7) is 5.18. The monoisotopic (exact) mass is 357 g/mol. The van der Waals surface area contributed by atoms with Crippen LogP contribution in [0.4, 0.5) is 0 Å². The first-order chi connectivity index (χ1) is 12.7. The van der Waals surface area contributed by atoms with Gasteiger partial charge in [0.15, 0.2) is 0 Å². The van der Waals surface area contributed by atoms with E-state index in [1.54, 1.807) is 0 Å². The van der Waals surface area contributed by atoms with Crippen LogP contribution in [0.5, 0.6) is 0 Å². The maximum absolute atomic E-state index is 2.37. The molecule has 0 amide bonds. The third-order valence-corrected chi connectivity index (χ3v) is 5.85. The number of aromatic nitrogens is 1. The maximum atomic E-state index is 2.37. The predicted molar refractivity (Wildman–Crippen MR) is 113 cm³/mol. The Balaban J connectivity index is 1.60. The van der Waals surface area contributed by atoms with Gasteiger partial charge in [-0.05, 0) is 31.0 Å². The Morgan fingerprint density at radius 3 is 2.04 bits per heavy atom. The summed E-state index contributed by atoms with van der Waals surface area (Å²) in [5, 5.41) is 1.34. The van der Waals surface area contributed by atoms with Crippen LogP contribution >= 0.6 is 11.8 Å². The Bertz CT molecular complexity index is 1010. The minimum atomic E-state index is 0.909. The number of nitrogens with zero attached hydrogens (tertiary/aromatic N) is 1. The van der Waals surface area contributed by atoms with Gasteiger partial charge in [-0.15, -0.1) is 11.8 Å². The van der Waals surface area contributed by atoms with Crippen LogP contribution in [-0.2, 0) is 12.3 Å². The standard InChI is InChI=1S/C24H23NS/c1-18-7-11-20(12-8-18)15-25-16-24(22-5-3-4-6-23(22)25)26-17-21-13-9-19(2)10-14-21/h3-14,16H,15,17H2,1-2H3. The van der Waals surface area contributed by atoms with E-state index in [1.807, 2.05) is 11.8 Å². The van der Waals surface area contributed by atoms with Crippen LogP contribution in [0.15, 0.2) is 83.9 Å².